The van der Waals surface area contributed by atoms with E-state index in [1.807, 2.05) is 0 Å². The summed E-state index contributed by atoms with van der Waals surface area (Å²) in [6, 6.07) is -0.837. The minimum absolute atomic E-state index is 0.111. The molecule has 0 radical (unpaired) electrons. The fourth-order valence-electron chi connectivity index (χ4n) is 1.69. The Morgan fingerprint density at radius 1 is 1.50 bits per heavy atom. The van der Waals surface area contributed by atoms with Crippen molar-refractivity contribution in [2.24, 2.45) is 0 Å². The highest BCUT2D eigenvalue weighted by Crippen LogP contribution is 2.10. The van der Waals surface area contributed by atoms with Crippen molar-refractivity contribution in [2.75, 3.05) is 7.11 Å². The largest absolute Gasteiger partial charge is 0.467 e. The molecular formula is C12H13N3O4S. The molecule has 1 atom stereocenters. The number of carbonyl (C=O) groups excluding carboxylic acids is 2. The number of amides is 1. The third kappa shape index (κ3) is 2.42. The average Bonchev–Trinajstić information content (AvgIpc) is 2.80. The number of esters is 1. The second-order valence-corrected chi connectivity index (χ2v) is 5.03. The smallest absolute Gasteiger partial charge is 0.328 e. The van der Waals surface area contributed by atoms with Gasteiger partial charge in [-0.3, -0.25) is 14.0 Å². The van der Waals surface area contributed by atoms with Crippen LogP contribution in [-0.2, 0) is 9.53 Å². The molecule has 20 heavy (non-hydrogen) atoms. The first-order valence-corrected chi connectivity index (χ1v) is 6.68. The van der Waals surface area contributed by atoms with E-state index in [-0.39, 0.29) is 5.56 Å². The van der Waals surface area contributed by atoms with Gasteiger partial charge >= 0.3 is 5.97 Å². The molecule has 106 valence electrons. The second-order valence-electron chi connectivity index (χ2n) is 4.19. The van der Waals surface area contributed by atoms with Gasteiger partial charge in [-0.1, -0.05) is 0 Å². The van der Waals surface area contributed by atoms with Gasteiger partial charge in [-0.2, -0.15) is 0 Å². The van der Waals surface area contributed by atoms with Crippen LogP contribution in [0.25, 0.3) is 4.96 Å². The summed E-state index contributed by atoms with van der Waals surface area (Å²) in [7, 11) is 1.22. The molecule has 7 nitrogen and oxygen atoms in total. The van der Waals surface area contributed by atoms with Gasteiger partial charge < -0.3 is 10.1 Å². The molecule has 2 heterocycles. The third-order valence-electron chi connectivity index (χ3n) is 2.76. The molecule has 8 heteroatoms. The number of thiazole rings is 1. The quantitative estimate of drug-likeness (QED) is 0.826. The Bertz CT molecular complexity index is 734. The highest BCUT2D eigenvalue weighted by molar-refractivity contribution is 7.15. The number of hydrogen-bond acceptors (Lipinski definition) is 6. The molecule has 1 N–H and O–H groups in total. The van der Waals surface area contributed by atoms with E-state index in [1.54, 1.807) is 12.3 Å². The third-order valence-corrected chi connectivity index (χ3v) is 3.72. The van der Waals surface area contributed by atoms with Crippen LogP contribution in [-0.4, -0.2) is 34.4 Å². The van der Waals surface area contributed by atoms with Gasteiger partial charge in [0, 0.05) is 17.3 Å². The van der Waals surface area contributed by atoms with Crippen LogP contribution < -0.4 is 10.9 Å². The summed E-state index contributed by atoms with van der Waals surface area (Å²) < 4.78 is 5.87. The van der Waals surface area contributed by atoms with Gasteiger partial charge in [-0.25, -0.2) is 9.78 Å². The molecule has 0 aliphatic carbocycles. The van der Waals surface area contributed by atoms with Crippen LogP contribution >= 0.6 is 11.3 Å². The number of nitrogens with one attached hydrogen (secondary N) is 1. The van der Waals surface area contributed by atoms with Crippen LogP contribution in [0.15, 0.2) is 16.4 Å². The van der Waals surface area contributed by atoms with E-state index in [0.29, 0.717) is 10.7 Å². The molecule has 2 aromatic rings. The second kappa shape index (κ2) is 5.41. The van der Waals surface area contributed by atoms with Crippen LogP contribution in [0.2, 0.25) is 0 Å². The first-order chi connectivity index (χ1) is 9.45. The highest BCUT2D eigenvalue weighted by atomic mass is 32.1. The lowest BCUT2D eigenvalue weighted by atomic mass is 10.2. The van der Waals surface area contributed by atoms with Crippen LogP contribution in [0.1, 0.15) is 23.0 Å². The molecule has 0 aliphatic rings. The van der Waals surface area contributed by atoms with Gasteiger partial charge in [-0.15, -0.1) is 11.3 Å². The highest BCUT2D eigenvalue weighted by Gasteiger charge is 2.20. The molecule has 0 fully saturated rings. The van der Waals surface area contributed by atoms with E-state index < -0.39 is 23.5 Å². The zero-order valence-corrected chi connectivity index (χ0v) is 12.0. The van der Waals surface area contributed by atoms with E-state index in [9.17, 15) is 14.4 Å². The number of aryl methyl sites for hydroxylation is 1. The summed E-state index contributed by atoms with van der Waals surface area (Å²) in [5, 5.41) is 4.18. The summed E-state index contributed by atoms with van der Waals surface area (Å²) in [6.45, 7) is 3.23. The number of methoxy groups -OCH3 is 1. The number of carbonyl (C=O) groups is 2. The average molecular weight is 295 g/mol. The van der Waals surface area contributed by atoms with Gasteiger partial charge in [0.05, 0.1) is 7.11 Å². The molecule has 0 aliphatic heterocycles. The molecule has 0 aromatic carbocycles. The summed E-state index contributed by atoms with van der Waals surface area (Å²) >= 11 is 1.32. The van der Waals surface area contributed by atoms with Crippen LogP contribution in [0.5, 0.6) is 0 Å². The lowest BCUT2D eigenvalue weighted by Crippen LogP contribution is -2.41. The predicted octanol–water partition coefficient (Wildman–Crippen LogP) is 0.356. The molecule has 0 bridgehead atoms. The molecular weight excluding hydrogens is 282 g/mol. The summed E-state index contributed by atoms with van der Waals surface area (Å²) in [4.78, 5) is 40.1. The van der Waals surface area contributed by atoms with Crippen molar-refractivity contribution in [1.82, 2.24) is 14.7 Å². The fourth-order valence-corrected chi connectivity index (χ4v) is 2.52. The van der Waals surface area contributed by atoms with E-state index in [0.717, 1.165) is 0 Å². The van der Waals surface area contributed by atoms with Gasteiger partial charge in [0.1, 0.15) is 11.6 Å². The topological polar surface area (TPSA) is 89.8 Å². The van der Waals surface area contributed by atoms with Gasteiger partial charge in [0.25, 0.3) is 11.5 Å². The summed E-state index contributed by atoms with van der Waals surface area (Å²) in [6.07, 6.45) is 1.22. The Hall–Kier alpha value is -2.22. The SMILES string of the molecule is COC(=O)C(C)NC(=O)c1cnc2scc(C)n2c1=O. The molecule has 2 rings (SSSR count). The number of rotatable bonds is 3. The van der Waals surface area contributed by atoms with Crippen molar-refractivity contribution in [3.05, 3.63) is 33.2 Å². The number of aromatic nitrogens is 2. The van der Waals surface area contributed by atoms with E-state index in [1.165, 1.54) is 36.0 Å². The maximum absolute atomic E-state index is 12.2. The van der Waals surface area contributed by atoms with E-state index in [2.05, 4.69) is 15.0 Å². The van der Waals surface area contributed by atoms with Crippen molar-refractivity contribution < 1.29 is 14.3 Å². The molecule has 0 spiro atoms. The van der Waals surface area contributed by atoms with Crippen molar-refractivity contribution in [3.8, 4) is 0 Å². The number of hydrogen-bond donors (Lipinski definition) is 1. The molecule has 1 amide bonds. The maximum atomic E-state index is 12.2. The number of fused-ring (bicyclic) bond motifs is 1. The van der Waals surface area contributed by atoms with Crippen LogP contribution in [0.4, 0.5) is 0 Å². The van der Waals surface area contributed by atoms with Gasteiger partial charge in [0.15, 0.2) is 4.96 Å². The van der Waals surface area contributed by atoms with Crippen molar-refractivity contribution in [3.63, 3.8) is 0 Å². The molecule has 2 aromatic heterocycles. The molecule has 0 saturated heterocycles. The number of ether oxygens (including phenoxy) is 1. The lowest BCUT2D eigenvalue weighted by molar-refractivity contribution is -0.142. The molecule has 1 unspecified atom stereocenters. The zero-order chi connectivity index (χ0) is 14.9. The van der Waals surface area contributed by atoms with Crippen LogP contribution in [0.3, 0.4) is 0 Å². The van der Waals surface area contributed by atoms with Crippen molar-refractivity contribution in [2.45, 2.75) is 19.9 Å². The summed E-state index contributed by atoms with van der Waals surface area (Å²) in [5.41, 5.74) is 0.140. The lowest BCUT2D eigenvalue weighted by Gasteiger charge is -2.11. The monoisotopic (exact) mass is 295 g/mol. The Labute approximate surface area is 118 Å². The van der Waals surface area contributed by atoms with E-state index >= 15 is 0 Å². The van der Waals surface area contributed by atoms with E-state index in [4.69, 9.17) is 0 Å². The minimum atomic E-state index is -0.837. The Balaban J connectivity index is 2.36. The molecule has 0 saturated carbocycles. The maximum Gasteiger partial charge on any atom is 0.328 e. The number of nitrogens with zero attached hydrogens (tertiary/aromatic N) is 2. The van der Waals surface area contributed by atoms with Crippen LogP contribution in [0, 0.1) is 6.92 Å². The first kappa shape index (κ1) is 14.2. The Morgan fingerprint density at radius 3 is 2.85 bits per heavy atom. The first-order valence-electron chi connectivity index (χ1n) is 5.80. The fraction of sp³-hybridized carbons (Fsp3) is 0.333. The van der Waals surface area contributed by atoms with Crippen molar-refractivity contribution >= 4 is 28.2 Å². The Morgan fingerprint density at radius 2 is 2.20 bits per heavy atom. The standard InChI is InChI=1S/C12H13N3O4S/c1-6-5-20-12-13-4-8(10(17)15(6)12)9(16)14-7(2)11(18)19-3/h4-5,7H,1-3H3,(H,14,16). The summed E-state index contributed by atoms with van der Waals surface area (Å²) in [5.74, 6) is -1.24. The minimum Gasteiger partial charge on any atom is -0.467 e. The van der Waals surface area contributed by atoms with Gasteiger partial charge in [-0.05, 0) is 13.8 Å². The van der Waals surface area contributed by atoms with Gasteiger partial charge in [0.2, 0.25) is 0 Å². The predicted molar refractivity (Wildman–Crippen MR) is 73.0 cm³/mol. The van der Waals surface area contributed by atoms with Crippen molar-refractivity contribution in [1.29, 1.82) is 0 Å². The zero-order valence-electron chi connectivity index (χ0n) is 11.2. The Kier molecular flexibility index (Phi) is 3.84. The normalized spacial score (nSPS) is 12.2.